The number of carbonyl (C=O) groups excluding carboxylic acids is 2. The monoisotopic (exact) mass is 456 g/mol. The fraction of sp³-hybridized carbons (Fsp3) is 0.182. The summed E-state index contributed by atoms with van der Waals surface area (Å²) >= 11 is 6.01. The van der Waals surface area contributed by atoms with E-state index in [2.05, 4.69) is 32.5 Å². The lowest BCUT2D eigenvalue weighted by Gasteiger charge is -2.17. The third kappa shape index (κ3) is 5.50. The molecule has 0 aliphatic heterocycles. The summed E-state index contributed by atoms with van der Waals surface area (Å²) in [5.74, 6) is -1.29. The Bertz CT molecular complexity index is 1060. The molecule has 1 aromatic heterocycles. The first kappa shape index (κ1) is 23.0. The van der Waals surface area contributed by atoms with Crippen LogP contribution in [0.1, 0.15) is 18.5 Å². The van der Waals surface area contributed by atoms with Crippen LogP contribution in [0, 0.1) is 5.82 Å². The normalized spacial score (nSPS) is 14.6. The van der Waals surface area contributed by atoms with Crippen LogP contribution in [0.5, 0.6) is 0 Å². The highest BCUT2D eigenvalue weighted by atomic mass is 35.5. The van der Waals surface area contributed by atoms with Gasteiger partial charge in [-0.15, -0.1) is 0 Å². The Morgan fingerprint density at radius 2 is 2.09 bits per heavy atom. The van der Waals surface area contributed by atoms with E-state index < -0.39 is 17.3 Å². The van der Waals surface area contributed by atoms with Crippen molar-refractivity contribution in [3.05, 3.63) is 77.6 Å². The van der Waals surface area contributed by atoms with E-state index in [4.69, 9.17) is 17.3 Å². The summed E-state index contributed by atoms with van der Waals surface area (Å²) in [6.07, 6.45) is 6.20. The van der Waals surface area contributed by atoms with Crippen molar-refractivity contribution < 1.29 is 14.0 Å². The molecule has 0 unspecified atom stereocenters. The van der Waals surface area contributed by atoms with E-state index in [9.17, 15) is 14.0 Å². The lowest BCUT2D eigenvalue weighted by molar-refractivity contribution is -0.128. The number of benzene rings is 1. The average Bonchev–Trinajstić information content (AvgIpc) is 3.56. The number of anilines is 2. The molecule has 1 saturated carbocycles. The molecule has 10 heteroatoms. The number of pyridine rings is 1. The minimum atomic E-state index is -0.976. The van der Waals surface area contributed by atoms with E-state index in [1.54, 1.807) is 18.2 Å². The van der Waals surface area contributed by atoms with Gasteiger partial charge in [0.25, 0.3) is 5.91 Å². The number of nitrogens with zero attached hydrogens (tertiary/aromatic N) is 2. The van der Waals surface area contributed by atoms with E-state index in [-0.39, 0.29) is 28.7 Å². The van der Waals surface area contributed by atoms with Crippen LogP contribution in [0.4, 0.5) is 15.8 Å². The number of rotatable bonds is 9. The molecule has 1 heterocycles. The van der Waals surface area contributed by atoms with Gasteiger partial charge < -0.3 is 21.7 Å². The van der Waals surface area contributed by atoms with Gasteiger partial charge in [-0.3, -0.25) is 19.6 Å². The number of hydrogen-bond donors (Lipinski definition) is 4. The molecule has 1 aromatic carbocycles. The highest BCUT2D eigenvalue weighted by Gasteiger charge is 2.51. The van der Waals surface area contributed by atoms with Crippen LogP contribution in [-0.4, -0.2) is 28.6 Å². The van der Waals surface area contributed by atoms with Crippen LogP contribution in [0.3, 0.4) is 0 Å². The number of carbonyl (C=O) groups is 2. The van der Waals surface area contributed by atoms with E-state index in [0.29, 0.717) is 24.2 Å². The van der Waals surface area contributed by atoms with Gasteiger partial charge in [-0.25, -0.2) is 4.39 Å². The maximum atomic E-state index is 13.9. The standard InChI is InChI=1S/C22H22ClFN6O2/c1-2-26-11-14(10-25)20(31)30-22(8-9-22)21(32)28-12-15-6-7-16(13-27-15)29-19-17(23)4-3-5-18(19)24/h2-7,10-11,13,29H,1,8-9,12,25H2,(H,28,32)(H,30,31)/b14-10+,26-11-. The predicted molar refractivity (Wildman–Crippen MR) is 122 cm³/mol. The highest BCUT2D eigenvalue weighted by Crippen LogP contribution is 2.36. The summed E-state index contributed by atoms with van der Waals surface area (Å²) in [5.41, 5.74) is 5.89. The Kier molecular flexibility index (Phi) is 7.21. The lowest BCUT2D eigenvalue weighted by Crippen LogP contribution is -2.49. The van der Waals surface area contributed by atoms with Gasteiger partial charge in [0.1, 0.15) is 11.4 Å². The number of aromatic nitrogens is 1. The summed E-state index contributed by atoms with van der Waals surface area (Å²) in [6, 6.07) is 7.79. The van der Waals surface area contributed by atoms with Gasteiger partial charge in [-0.2, -0.15) is 0 Å². The third-order valence-electron chi connectivity index (χ3n) is 4.79. The first-order valence-corrected chi connectivity index (χ1v) is 10.1. The molecular formula is C22H22ClFN6O2. The molecular weight excluding hydrogens is 435 g/mol. The molecule has 2 amide bonds. The van der Waals surface area contributed by atoms with Crippen LogP contribution >= 0.6 is 11.6 Å². The van der Waals surface area contributed by atoms with Gasteiger partial charge in [-0.1, -0.05) is 24.2 Å². The summed E-state index contributed by atoms with van der Waals surface area (Å²) in [4.78, 5) is 33.0. The fourth-order valence-electron chi connectivity index (χ4n) is 2.84. The summed E-state index contributed by atoms with van der Waals surface area (Å²) in [7, 11) is 0. The van der Waals surface area contributed by atoms with Crippen LogP contribution < -0.4 is 21.7 Å². The molecule has 2 aromatic rings. The molecule has 5 N–H and O–H groups in total. The van der Waals surface area contributed by atoms with E-state index in [1.165, 1.54) is 30.7 Å². The third-order valence-corrected chi connectivity index (χ3v) is 5.10. The Morgan fingerprint density at radius 3 is 2.69 bits per heavy atom. The van der Waals surface area contributed by atoms with Crippen molar-refractivity contribution >= 4 is 41.0 Å². The van der Waals surface area contributed by atoms with Crippen molar-refractivity contribution in [3.63, 3.8) is 0 Å². The van der Waals surface area contributed by atoms with Gasteiger partial charge >= 0.3 is 0 Å². The Hall–Kier alpha value is -3.72. The molecule has 0 saturated heterocycles. The van der Waals surface area contributed by atoms with E-state index >= 15 is 0 Å². The first-order chi connectivity index (χ1) is 15.4. The number of para-hydroxylation sites is 1. The zero-order chi connectivity index (χ0) is 23.1. The summed E-state index contributed by atoms with van der Waals surface area (Å²) < 4.78 is 13.9. The number of amides is 2. The zero-order valence-electron chi connectivity index (χ0n) is 17.1. The highest BCUT2D eigenvalue weighted by molar-refractivity contribution is 6.33. The van der Waals surface area contributed by atoms with Gasteiger partial charge in [0, 0.05) is 18.6 Å². The first-order valence-electron chi connectivity index (χ1n) is 9.71. The zero-order valence-corrected chi connectivity index (χ0v) is 17.8. The summed E-state index contributed by atoms with van der Waals surface area (Å²) in [5, 5.41) is 8.62. The lowest BCUT2D eigenvalue weighted by atomic mass is 10.2. The predicted octanol–water partition coefficient (Wildman–Crippen LogP) is 2.94. The topological polar surface area (TPSA) is 121 Å². The minimum absolute atomic E-state index is 0.128. The van der Waals surface area contributed by atoms with Crippen molar-refractivity contribution in [1.29, 1.82) is 0 Å². The molecule has 1 aliphatic carbocycles. The Morgan fingerprint density at radius 1 is 1.31 bits per heavy atom. The van der Waals surface area contributed by atoms with Crippen molar-refractivity contribution in [1.82, 2.24) is 15.6 Å². The molecule has 0 spiro atoms. The van der Waals surface area contributed by atoms with Gasteiger partial charge in [0.05, 0.1) is 40.4 Å². The van der Waals surface area contributed by atoms with Gasteiger partial charge in [0.2, 0.25) is 5.91 Å². The largest absolute Gasteiger partial charge is 0.404 e. The van der Waals surface area contributed by atoms with Crippen molar-refractivity contribution in [3.8, 4) is 0 Å². The fourth-order valence-corrected chi connectivity index (χ4v) is 3.05. The SMILES string of the molecule is C=C/N=C\C(=C/N)C(=O)NC1(C(=O)NCc2ccc(Nc3c(F)cccc3Cl)cn2)CC1. The molecule has 32 heavy (non-hydrogen) atoms. The van der Waals surface area contributed by atoms with Crippen LogP contribution in [-0.2, 0) is 16.1 Å². The smallest absolute Gasteiger partial charge is 0.255 e. The van der Waals surface area contributed by atoms with Crippen LogP contribution in [0.2, 0.25) is 5.02 Å². The van der Waals surface area contributed by atoms with E-state index in [0.717, 1.165) is 6.20 Å². The summed E-state index contributed by atoms with van der Waals surface area (Å²) in [6.45, 7) is 3.60. The number of nitrogens with two attached hydrogens (primary N) is 1. The second-order valence-corrected chi connectivity index (χ2v) is 7.47. The van der Waals surface area contributed by atoms with Crippen molar-refractivity contribution in [2.24, 2.45) is 10.7 Å². The van der Waals surface area contributed by atoms with Crippen molar-refractivity contribution in [2.75, 3.05) is 5.32 Å². The van der Waals surface area contributed by atoms with E-state index in [1.807, 2.05) is 0 Å². The Balaban J connectivity index is 1.56. The minimum Gasteiger partial charge on any atom is -0.404 e. The molecule has 1 fully saturated rings. The average molecular weight is 457 g/mol. The molecule has 166 valence electrons. The Labute approximate surface area is 189 Å². The second-order valence-electron chi connectivity index (χ2n) is 7.06. The molecule has 0 atom stereocenters. The molecule has 8 nitrogen and oxygen atoms in total. The van der Waals surface area contributed by atoms with Gasteiger partial charge in [0.15, 0.2) is 0 Å². The van der Waals surface area contributed by atoms with Crippen molar-refractivity contribution in [2.45, 2.75) is 24.9 Å². The molecule has 0 radical (unpaired) electrons. The maximum Gasteiger partial charge on any atom is 0.255 e. The number of hydrogen-bond acceptors (Lipinski definition) is 6. The quantitative estimate of drug-likeness (QED) is 0.341. The molecule has 0 bridgehead atoms. The molecule has 1 aliphatic rings. The number of halogens is 2. The number of aliphatic imine (C=N–C) groups is 1. The maximum absolute atomic E-state index is 13.9. The van der Waals surface area contributed by atoms with Crippen LogP contribution in [0.25, 0.3) is 0 Å². The van der Waals surface area contributed by atoms with Crippen LogP contribution in [0.15, 0.2) is 66.1 Å². The second kappa shape index (κ2) is 10.1. The number of nitrogens with one attached hydrogen (secondary N) is 3. The van der Waals surface area contributed by atoms with Gasteiger partial charge in [-0.05, 0) is 37.1 Å². The molecule has 3 rings (SSSR count).